The molecule has 3 heterocycles. The fourth-order valence-electron chi connectivity index (χ4n) is 3.90. The summed E-state index contributed by atoms with van der Waals surface area (Å²) in [5.41, 5.74) is 4.44. The summed E-state index contributed by atoms with van der Waals surface area (Å²) in [7, 11) is 0. The summed E-state index contributed by atoms with van der Waals surface area (Å²) in [6.45, 7) is 6.96. The minimum atomic E-state index is 0.728. The Balaban J connectivity index is 1.58. The molecule has 1 fully saturated rings. The van der Waals surface area contributed by atoms with Crippen molar-refractivity contribution in [1.82, 2.24) is 14.9 Å². The zero-order valence-corrected chi connectivity index (χ0v) is 14.7. The molecular weight excluding hydrogens is 310 g/mol. The first-order valence-electron chi connectivity index (χ1n) is 9.05. The molecule has 2 aliphatic heterocycles. The molecule has 5 nitrogen and oxygen atoms in total. The van der Waals surface area contributed by atoms with Crippen LogP contribution in [0, 0.1) is 18.3 Å². The number of rotatable bonds is 3. The molecule has 1 saturated heterocycles. The molecule has 4 rings (SSSR count). The molecule has 5 heteroatoms. The van der Waals surface area contributed by atoms with Gasteiger partial charge in [-0.3, -0.25) is 4.90 Å². The molecule has 2 aliphatic rings. The Hall–Kier alpha value is -2.45. The van der Waals surface area contributed by atoms with Crippen molar-refractivity contribution in [1.29, 1.82) is 5.26 Å². The second kappa shape index (κ2) is 6.81. The van der Waals surface area contributed by atoms with Gasteiger partial charge in [0.25, 0.3) is 0 Å². The number of hydrogen-bond acceptors (Lipinski definition) is 5. The highest BCUT2D eigenvalue weighted by molar-refractivity contribution is 5.51. The lowest BCUT2D eigenvalue weighted by molar-refractivity contribution is 0.243. The zero-order chi connectivity index (χ0) is 17.2. The maximum atomic E-state index is 9.10. The van der Waals surface area contributed by atoms with E-state index in [1.165, 1.54) is 29.7 Å². The van der Waals surface area contributed by atoms with Crippen molar-refractivity contribution in [2.75, 3.05) is 24.5 Å². The Kier molecular flexibility index (Phi) is 4.37. The van der Waals surface area contributed by atoms with E-state index in [0.29, 0.717) is 0 Å². The van der Waals surface area contributed by atoms with Crippen LogP contribution in [0.5, 0.6) is 0 Å². The van der Waals surface area contributed by atoms with Crippen LogP contribution >= 0.6 is 0 Å². The number of nitriles is 1. The molecule has 1 aromatic carbocycles. The standard InChI is InChI=1S/C20H23N5/c1-15-22-19-7-10-24(13-17-6-4-5-16(11-17)12-21)14-18(19)20(23-15)25-8-2-3-9-25/h4-6,11H,2-3,7-10,13-14H2,1H3. The van der Waals surface area contributed by atoms with E-state index in [1.807, 2.05) is 25.1 Å². The first kappa shape index (κ1) is 16.0. The largest absolute Gasteiger partial charge is 0.356 e. The molecule has 0 unspecified atom stereocenters. The second-order valence-corrected chi connectivity index (χ2v) is 6.99. The Morgan fingerprint density at radius 2 is 2.00 bits per heavy atom. The van der Waals surface area contributed by atoms with Gasteiger partial charge in [0.15, 0.2) is 0 Å². The summed E-state index contributed by atoms with van der Waals surface area (Å²) < 4.78 is 0. The lowest BCUT2D eigenvalue weighted by Crippen LogP contribution is -2.33. The van der Waals surface area contributed by atoms with Crippen LogP contribution < -0.4 is 4.90 Å². The van der Waals surface area contributed by atoms with E-state index in [-0.39, 0.29) is 0 Å². The zero-order valence-electron chi connectivity index (χ0n) is 14.7. The summed E-state index contributed by atoms with van der Waals surface area (Å²) in [6, 6.07) is 10.1. The van der Waals surface area contributed by atoms with Crippen LogP contribution in [0.25, 0.3) is 0 Å². The molecule has 0 amide bonds. The van der Waals surface area contributed by atoms with Crippen LogP contribution in [0.4, 0.5) is 5.82 Å². The quantitative estimate of drug-likeness (QED) is 0.864. The molecule has 0 saturated carbocycles. The van der Waals surface area contributed by atoms with E-state index < -0.39 is 0 Å². The highest BCUT2D eigenvalue weighted by Gasteiger charge is 2.26. The second-order valence-electron chi connectivity index (χ2n) is 6.99. The predicted octanol–water partition coefficient (Wildman–Crippen LogP) is 2.82. The van der Waals surface area contributed by atoms with Gasteiger partial charge in [0, 0.05) is 44.7 Å². The van der Waals surface area contributed by atoms with Crippen molar-refractivity contribution in [2.45, 2.75) is 39.3 Å². The van der Waals surface area contributed by atoms with Crippen LogP contribution in [-0.4, -0.2) is 34.5 Å². The van der Waals surface area contributed by atoms with Gasteiger partial charge >= 0.3 is 0 Å². The number of hydrogen-bond donors (Lipinski definition) is 0. The molecule has 0 atom stereocenters. The van der Waals surface area contributed by atoms with E-state index in [2.05, 4.69) is 21.9 Å². The van der Waals surface area contributed by atoms with Gasteiger partial charge in [-0.05, 0) is 37.5 Å². The fourth-order valence-corrected chi connectivity index (χ4v) is 3.90. The van der Waals surface area contributed by atoms with Crippen LogP contribution in [0.15, 0.2) is 24.3 Å². The van der Waals surface area contributed by atoms with E-state index in [9.17, 15) is 0 Å². The van der Waals surface area contributed by atoms with E-state index in [1.54, 1.807) is 0 Å². The van der Waals surface area contributed by atoms with Crippen LogP contribution in [-0.2, 0) is 19.5 Å². The SMILES string of the molecule is Cc1nc2c(c(N3CCCC3)n1)CN(Cc1cccc(C#N)c1)CC2. The molecule has 0 bridgehead atoms. The number of fused-ring (bicyclic) bond motifs is 1. The molecule has 0 radical (unpaired) electrons. The predicted molar refractivity (Wildman–Crippen MR) is 97.2 cm³/mol. The van der Waals surface area contributed by atoms with Gasteiger partial charge < -0.3 is 4.90 Å². The Bertz CT molecular complexity index is 817. The third-order valence-corrected chi connectivity index (χ3v) is 5.10. The molecule has 0 N–H and O–H groups in total. The van der Waals surface area contributed by atoms with Crippen LogP contribution in [0.2, 0.25) is 0 Å². The fraction of sp³-hybridized carbons (Fsp3) is 0.450. The van der Waals surface area contributed by atoms with Gasteiger partial charge in [0.1, 0.15) is 11.6 Å². The van der Waals surface area contributed by atoms with Crippen molar-refractivity contribution >= 4 is 5.82 Å². The van der Waals surface area contributed by atoms with Crippen molar-refractivity contribution in [3.05, 3.63) is 52.5 Å². The van der Waals surface area contributed by atoms with Gasteiger partial charge in [-0.25, -0.2) is 9.97 Å². The number of aromatic nitrogens is 2. The van der Waals surface area contributed by atoms with Crippen LogP contribution in [0.3, 0.4) is 0 Å². The molecule has 128 valence electrons. The third kappa shape index (κ3) is 3.35. The van der Waals surface area contributed by atoms with Crippen molar-refractivity contribution in [3.63, 3.8) is 0 Å². The average Bonchev–Trinajstić information content (AvgIpc) is 3.16. The number of aryl methyl sites for hydroxylation is 1. The van der Waals surface area contributed by atoms with Crippen molar-refractivity contribution < 1.29 is 0 Å². The summed E-state index contributed by atoms with van der Waals surface area (Å²) in [4.78, 5) is 14.4. The maximum Gasteiger partial charge on any atom is 0.137 e. The van der Waals surface area contributed by atoms with E-state index in [0.717, 1.165) is 56.4 Å². The third-order valence-electron chi connectivity index (χ3n) is 5.10. The van der Waals surface area contributed by atoms with E-state index in [4.69, 9.17) is 15.2 Å². The summed E-state index contributed by atoms with van der Waals surface area (Å²) >= 11 is 0. The van der Waals surface area contributed by atoms with Crippen molar-refractivity contribution in [2.24, 2.45) is 0 Å². The first-order valence-corrected chi connectivity index (χ1v) is 9.05. The minimum Gasteiger partial charge on any atom is -0.356 e. The first-order chi connectivity index (χ1) is 12.2. The maximum absolute atomic E-state index is 9.10. The molecular formula is C20H23N5. The number of benzene rings is 1. The minimum absolute atomic E-state index is 0.728. The number of anilines is 1. The van der Waals surface area contributed by atoms with Gasteiger partial charge in [-0.2, -0.15) is 5.26 Å². The summed E-state index contributed by atoms with van der Waals surface area (Å²) in [5, 5.41) is 9.10. The lowest BCUT2D eigenvalue weighted by atomic mass is 10.0. The van der Waals surface area contributed by atoms with Crippen LogP contribution in [0.1, 0.15) is 41.1 Å². The average molecular weight is 333 g/mol. The molecule has 25 heavy (non-hydrogen) atoms. The Morgan fingerprint density at radius 1 is 1.16 bits per heavy atom. The number of nitrogens with zero attached hydrogens (tertiary/aromatic N) is 5. The molecule has 1 aromatic heterocycles. The highest BCUT2D eigenvalue weighted by atomic mass is 15.2. The smallest absolute Gasteiger partial charge is 0.137 e. The van der Waals surface area contributed by atoms with Gasteiger partial charge in [-0.1, -0.05) is 12.1 Å². The highest BCUT2D eigenvalue weighted by Crippen LogP contribution is 2.29. The normalized spacial score (nSPS) is 17.4. The summed E-state index contributed by atoms with van der Waals surface area (Å²) in [6.07, 6.45) is 3.47. The van der Waals surface area contributed by atoms with Gasteiger partial charge in [-0.15, -0.1) is 0 Å². The van der Waals surface area contributed by atoms with Crippen molar-refractivity contribution in [3.8, 4) is 6.07 Å². The van der Waals surface area contributed by atoms with Gasteiger partial charge in [0.2, 0.25) is 0 Å². The monoisotopic (exact) mass is 333 g/mol. The van der Waals surface area contributed by atoms with Gasteiger partial charge in [0.05, 0.1) is 17.3 Å². The Labute approximate surface area is 148 Å². The van der Waals surface area contributed by atoms with E-state index >= 15 is 0 Å². The topological polar surface area (TPSA) is 56.1 Å². The summed E-state index contributed by atoms with van der Waals surface area (Å²) in [5.74, 6) is 2.03. The molecule has 0 aliphatic carbocycles. The lowest BCUT2D eigenvalue weighted by Gasteiger charge is -2.31. The molecule has 0 spiro atoms. The Morgan fingerprint density at radius 3 is 2.80 bits per heavy atom. The molecule has 2 aromatic rings.